The molecule has 1 saturated heterocycles. The van der Waals surface area contributed by atoms with Crippen molar-refractivity contribution in [3.05, 3.63) is 70.4 Å². The zero-order chi connectivity index (χ0) is 25.3. The van der Waals surface area contributed by atoms with E-state index < -0.39 is 17.7 Å². The number of anilines is 3. The number of hydrogen-bond donors (Lipinski definition) is 1. The van der Waals surface area contributed by atoms with Gasteiger partial charge in [-0.1, -0.05) is 18.2 Å². The summed E-state index contributed by atoms with van der Waals surface area (Å²) in [5.74, 6) is -0.901. The molecule has 1 N–H and O–H groups in total. The van der Waals surface area contributed by atoms with Crippen LogP contribution in [-0.2, 0) is 22.2 Å². The minimum Gasteiger partial charge on any atom is -0.378 e. The summed E-state index contributed by atoms with van der Waals surface area (Å²) < 4.78 is 39.0. The van der Waals surface area contributed by atoms with E-state index in [4.69, 9.17) is 0 Å². The molecular weight excluding hydrogens is 477 g/mol. The number of aromatic nitrogens is 1. The number of benzene rings is 2. The molecule has 2 amide bonds. The molecule has 1 atom stereocenters. The lowest BCUT2D eigenvalue weighted by atomic mass is 10.1. The van der Waals surface area contributed by atoms with E-state index >= 15 is 0 Å². The molecule has 3 aromatic rings. The highest BCUT2D eigenvalue weighted by molar-refractivity contribution is 7.16. The summed E-state index contributed by atoms with van der Waals surface area (Å²) in [7, 11) is 3.87. The summed E-state index contributed by atoms with van der Waals surface area (Å²) >= 11 is 1.23. The van der Waals surface area contributed by atoms with Crippen LogP contribution in [0.3, 0.4) is 0 Å². The standard InChI is InChI=1S/C25H25F3N4O2S/c1-15-24(35-21(29-15)12-16-5-4-6-18(11-16)25(26,27)28)30-23(34)17-13-22(33)32(14-17)20-9-7-19(8-10-20)31(2)3/h4-11,17H,12-14H2,1-3H3,(H,30,34). The van der Waals surface area contributed by atoms with Crippen LogP contribution in [0.4, 0.5) is 29.5 Å². The monoisotopic (exact) mass is 502 g/mol. The second-order valence-corrected chi connectivity index (χ2v) is 9.79. The van der Waals surface area contributed by atoms with Crippen LogP contribution in [0.2, 0.25) is 0 Å². The average Bonchev–Trinajstić information content (AvgIpc) is 3.35. The van der Waals surface area contributed by atoms with Crippen LogP contribution >= 0.6 is 11.3 Å². The molecule has 6 nitrogen and oxygen atoms in total. The van der Waals surface area contributed by atoms with Gasteiger partial charge in [-0.25, -0.2) is 4.98 Å². The third-order valence-electron chi connectivity index (χ3n) is 5.86. The summed E-state index contributed by atoms with van der Waals surface area (Å²) in [5.41, 5.74) is 2.13. The molecule has 4 rings (SSSR count). The number of rotatable bonds is 6. The van der Waals surface area contributed by atoms with E-state index in [1.54, 1.807) is 17.9 Å². The van der Waals surface area contributed by atoms with Crippen molar-refractivity contribution in [2.45, 2.75) is 25.9 Å². The van der Waals surface area contributed by atoms with E-state index in [0.29, 0.717) is 21.3 Å². The Morgan fingerprint density at radius 1 is 1.20 bits per heavy atom. The molecule has 1 fully saturated rings. The van der Waals surface area contributed by atoms with Crippen molar-refractivity contribution >= 4 is 39.5 Å². The van der Waals surface area contributed by atoms with Gasteiger partial charge >= 0.3 is 6.18 Å². The number of hydrogen-bond acceptors (Lipinski definition) is 5. The molecule has 0 radical (unpaired) electrons. The zero-order valence-electron chi connectivity index (χ0n) is 19.5. The van der Waals surface area contributed by atoms with Gasteiger partial charge in [0.25, 0.3) is 0 Å². The van der Waals surface area contributed by atoms with Crippen molar-refractivity contribution in [3.8, 4) is 0 Å². The summed E-state index contributed by atoms with van der Waals surface area (Å²) in [4.78, 5) is 33.5. The number of carbonyl (C=O) groups excluding carboxylic acids is 2. The lowest BCUT2D eigenvalue weighted by Gasteiger charge is -2.18. The normalized spacial score (nSPS) is 16.0. The third-order valence-corrected chi connectivity index (χ3v) is 6.93. The van der Waals surface area contributed by atoms with Gasteiger partial charge in [0.1, 0.15) is 5.00 Å². The van der Waals surface area contributed by atoms with Gasteiger partial charge in [-0.05, 0) is 42.8 Å². The Hall–Kier alpha value is -3.40. The van der Waals surface area contributed by atoms with Crippen LogP contribution in [0.15, 0.2) is 48.5 Å². The van der Waals surface area contributed by atoms with Crippen molar-refractivity contribution in [2.75, 3.05) is 35.8 Å². The summed E-state index contributed by atoms with van der Waals surface area (Å²) in [6.45, 7) is 2.01. The van der Waals surface area contributed by atoms with Crippen LogP contribution in [0.25, 0.3) is 0 Å². The lowest BCUT2D eigenvalue weighted by molar-refractivity contribution is -0.137. The molecule has 1 aliphatic heterocycles. The van der Waals surface area contributed by atoms with Crippen molar-refractivity contribution in [1.29, 1.82) is 0 Å². The lowest BCUT2D eigenvalue weighted by Crippen LogP contribution is -2.28. The zero-order valence-corrected chi connectivity index (χ0v) is 20.3. The number of alkyl halides is 3. The second-order valence-electron chi connectivity index (χ2n) is 8.70. The van der Waals surface area contributed by atoms with E-state index in [-0.39, 0.29) is 31.2 Å². The summed E-state index contributed by atoms with van der Waals surface area (Å²) in [6.07, 6.45) is -4.07. The number of nitrogens with zero attached hydrogens (tertiary/aromatic N) is 3. The number of carbonyl (C=O) groups is 2. The molecular formula is C25H25F3N4O2S. The van der Waals surface area contributed by atoms with Gasteiger partial charge in [0, 0.05) is 44.9 Å². The van der Waals surface area contributed by atoms with E-state index in [1.165, 1.54) is 17.4 Å². The SMILES string of the molecule is Cc1nc(Cc2cccc(C(F)(F)F)c2)sc1NC(=O)C1CC(=O)N(c2ccc(N(C)C)cc2)C1. The minimum absolute atomic E-state index is 0.107. The largest absolute Gasteiger partial charge is 0.416 e. The molecule has 2 heterocycles. The maximum atomic E-state index is 13.0. The van der Waals surface area contributed by atoms with E-state index in [1.807, 2.05) is 43.3 Å². The molecule has 1 aliphatic rings. The summed E-state index contributed by atoms with van der Waals surface area (Å²) in [5, 5.41) is 4.00. The maximum Gasteiger partial charge on any atom is 0.416 e. The van der Waals surface area contributed by atoms with Crippen molar-refractivity contribution in [2.24, 2.45) is 5.92 Å². The molecule has 184 valence electrons. The fraction of sp³-hybridized carbons (Fsp3) is 0.320. The van der Waals surface area contributed by atoms with Crippen LogP contribution in [0.5, 0.6) is 0 Å². The van der Waals surface area contributed by atoms with E-state index in [2.05, 4.69) is 10.3 Å². The van der Waals surface area contributed by atoms with Crippen LogP contribution in [0.1, 0.15) is 28.2 Å². The first-order valence-electron chi connectivity index (χ1n) is 11.0. The first-order chi connectivity index (χ1) is 16.5. The smallest absolute Gasteiger partial charge is 0.378 e. The molecule has 35 heavy (non-hydrogen) atoms. The Bertz CT molecular complexity index is 1240. The Balaban J connectivity index is 1.41. The number of nitrogens with one attached hydrogen (secondary N) is 1. The molecule has 0 saturated carbocycles. The molecule has 10 heteroatoms. The van der Waals surface area contributed by atoms with E-state index in [9.17, 15) is 22.8 Å². The van der Waals surface area contributed by atoms with Gasteiger partial charge in [0.2, 0.25) is 11.8 Å². The highest BCUT2D eigenvalue weighted by atomic mass is 32.1. The fourth-order valence-corrected chi connectivity index (χ4v) is 4.96. The van der Waals surface area contributed by atoms with Gasteiger partial charge < -0.3 is 15.1 Å². The van der Waals surface area contributed by atoms with Gasteiger partial charge in [-0.3, -0.25) is 9.59 Å². The molecule has 1 aromatic heterocycles. The number of thiazole rings is 1. The van der Waals surface area contributed by atoms with Gasteiger partial charge in [0.15, 0.2) is 0 Å². The van der Waals surface area contributed by atoms with E-state index in [0.717, 1.165) is 23.5 Å². The Kier molecular flexibility index (Phi) is 6.84. The topological polar surface area (TPSA) is 65.5 Å². The second kappa shape index (κ2) is 9.69. The number of halogens is 3. The van der Waals surface area contributed by atoms with Crippen molar-refractivity contribution < 1.29 is 22.8 Å². The first-order valence-corrected chi connectivity index (χ1v) is 11.8. The van der Waals surface area contributed by atoms with Crippen LogP contribution in [0, 0.1) is 12.8 Å². The van der Waals surface area contributed by atoms with Crippen LogP contribution in [-0.4, -0.2) is 37.4 Å². The predicted octanol–water partition coefficient (Wildman–Crippen LogP) is 5.12. The minimum atomic E-state index is -4.41. The Morgan fingerprint density at radius 3 is 2.57 bits per heavy atom. The van der Waals surface area contributed by atoms with Crippen LogP contribution < -0.4 is 15.1 Å². The molecule has 0 spiro atoms. The predicted molar refractivity (Wildman–Crippen MR) is 131 cm³/mol. The third kappa shape index (κ3) is 5.64. The molecule has 0 aliphatic carbocycles. The quantitative estimate of drug-likeness (QED) is 0.508. The van der Waals surface area contributed by atoms with Crippen molar-refractivity contribution in [3.63, 3.8) is 0 Å². The average molecular weight is 503 g/mol. The summed E-state index contributed by atoms with van der Waals surface area (Å²) in [6, 6.07) is 12.7. The van der Waals surface area contributed by atoms with Gasteiger partial charge in [-0.15, -0.1) is 11.3 Å². The first kappa shape index (κ1) is 24.7. The van der Waals surface area contributed by atoms with Gasteiger partial charge in [0.05, 0.1) is 22.2 Å². The molecule has 2 aromatic carbocycles. The Morgan fingerprint density at radius 2 is 1.91 bits per heavy atom. The fourth-order valence-electron chi connectivity index (χ4n) is 3.95. The number of aryl methyl sites for hydroxylation is 1. The maximum absolute atomic E-state index is 13.0. The molecule has 0 bridgehead atoms. The van der Waals surface area contributed by atoms with Gasteiger partial charge in [-0.2, -0.15) is 13.2 Å². The number of amides is 2. The Labute approximate surface area is 205 Å². The highest BCUT2D eigenvalue weighted by Crippen LogP contribution is 2.32. The molecule has 1 unspecified atom stereocenters. The van der Waals surface area contributed by atoms with Crippen molar-refractivity contribution in [1.82, 2.24) is 4.98 Å². The highest BCUT2D eigenvalue weighted by Gasteiger charge is 2.35.